The average molecular weight is 456 g/mol. The van der Waals surface area contributed by atoms with Crippen molar-refractivity contribution in [1.29, 1.82) is 0 Å². The molecular weight excluding hydrogens is 432 g/mol. The number of hydrogen-bond donors (Lipinski definition) is 2. The molecule has 0 saturated carbocycles. The van der Waals surface area contributed by atoms with Crippen molar-refractivity contribution in [2.45, 2.75) is 25.5 Å². The highest BCUT2D eigenvalue weighted by atomic mass is 16.6. The molecule has 34 heavy (non-hydrogen) atoms. The second-order valence-corrected chi connectivity index (χ2v) is 7.77. The van der Waals surface area contributed by atoms with Crippen molar-refractivity contribution < 1.29 is 23.9 Å². The van der Waals surface area contributed by atoms with E-state index in [1.165, 1.54) is 6.92 Å². The normalized spacial score (nSPS) is 12.5. The van der Waals surface area contributed by atoms with Crippen molar-refractivity contribution in [2.75, 3.05) is 0 Å². The Morgan fingerprint density at radius 3 is 2.26 bits per heavy atom. The summed E-state index contributed by atoms with van der Waals surface area (Å²) in [5.41, 5.74) is 2.16. The topological polar surface area (TPSA) is 97.5 Å². The number of nitrogens with one attached hydrogen (secondary N) is 2. The van der Waals surface area contributed by atoms with Crippen LogP contribution in [0.3, 0.4) is 0 Å². The SMILES string of the molecule is CC(OC(=O)C(Cc1c[nH]c2ccccc12)NC(=O)Oc1ccccc1)C(=O)c1ccccc1. The van der Waals surface area contributed by atoms with Gasteiger partial charge in [0.15, 0.2) is 6.10 Å². The van der Waals surface area contributed by atoms with E-state index in [0.717, 1.165) is 16.5 Å². The maximum Gasteiger partial charge on any atom is 0.413 e. The van der Waals surface area contributed by atoms with E-state index in [2.05, 4.69) is 10.3 Å². The summed E-state index contributed by atoms with van der Waals surface area (Å²) in [6, 6.07) is 23.7. The third-order valence-electron chi connectivity index (χ3n) is 5.35. The van der Waals surface area contributed by atoms with E-state index in [9.17, 15) is 14.4 Å². The Balaban J connectivity index is 1.51. The number of rotatable bonds is 8. The Labute approximate surface area is 196 Å². The molecule has 0 aliphatic heterocycles. The summed E-state index contributed by atoms with van der Waals surface area (Å²) in [7, 11) is 0. The van der Waals surface area contributed by atoms with E-state index < -0.39 is 24.2 Å². The van der Waals surface area contributed by atoms with Gasteiger partial charge in [0.05, 0.1) is 0 Å². The van der Waals surface area contributed by atoms with Gasteiger partial charge in [-0.1, -0.05) is 66.7 Å². The van der Waals surface area contributed by atoms with Crippen LogP contribution in [0.2, 0.25) is 0 Å². The van der Waals surface area contributed by atoms with Crippen LogP contribution in [-0.4, -0.2) is 35.0 Å². The zero-order chi connectivity index (χ0) is 23.9. The molecule has 2 N–H and O–H groups in total. The highest BCUT2D eigenvalue weighted by Crippen LogP contribution is 2.20. The van der Waals surface area contributed by atoms with Gasteiger partial charge in [-0.3, -0.25) is 4.79 Å². The molecule has 0 aliphatic rings. The number of ketones is 1. The maximum atomic E-state index is 13.1. The van der Waals surface area contributed by atoms with Gasteiger partial charge < -0.3 is 19.8 Å². The Morgan fingerprint density at radius 1 is 0.882 bits per heavy atom. The molecule has 172 valence electrons. The Bertz CT molecular complexity index is 1280. The minimum absolute atomic E-state index is 0.152. The summed E-state index contributed by atoms with van der Waals surface area (Å²) in [6.07, 6.45) is 0.120. The van der Waals surface area contributed by atoms with Crippen LogP contribution in [-0.2, 0) is 16.0 Å². The van der Waals surface area contributed by atoms with E-state index in [1.54, 1.807) is 66.9 Å². The third kappa shape index (κ3) is 5.50. The molecule has 2 atom stereocenters. The molecule has 7 heteroatoms. The summed E-state index contributed by atoms with van der Waals surface area (Å²) in [4.78, 5) is 41.4. The number of Topliss-reactive ketones (excluding diaryl/α,β-unsaturated/α-hetero) is 1. The molecule has 4 aromatic rings. The van der Waals surface area contributed by atoms with Gasteiger partial charge in [0.1, 0.15) is 11.8 Å². The average Bonchev–Trinajstić information content (AvgIpc) is 3.27. The van der Waals surface area contributed by atoms with Gasteiger partial charge in [0.2, 0.25) is 5.78 Å². The highest BCUT2D eigenvalue weighted by Gasteiger charge is 2.28. The number of carbonyl (C=O) groups excluding carboxylic acids is 3. The number of aromatic amines is 1. The molecule has 1 amide bonds. The first-order valence-electron chi connectivity index (χ1n) is 10.9. The number of para-hydroxylation sites is 2. The Morgan fingerprint density at radius 2 is 1.53 bits per heavy atom. The lowest BCUT2D eigenvalue weighted by atomic mass is 10.0. The zero-order valence-electron chi connectivity index (χ0n) is 18.6. The molecule has 3 aromatic carbocycles. The van der Waals surface area contributed by atoms with Crippen LogP contribution >= 0.6 is 0 Å². The van der Waals surface area contributed by atoms with Gasteiger partial charge in [0.25, 0.3) is 0 Å². The molecular formula is C27H24N2O5. The maximum absolute atomic E-state index is 13.1. The predicted molar refractivity (Wildman–Crippen MR) is 128 cm³/mol. The summed E-state index contributed by atoms with van der Waals surface area (Å²) in [5.74, 6) is -0.717. The molecule has 4 rings (SSSR count). The van der Waals surface area contributed by atoms with Crippen molar-refractivity contribution in [2.24, 2.45) is 0 Å². The van der Waals surface area contributed by atoms with Gasteiger partial charge in [-0.2, -0.15) is 0 Å². The molecule has 0 aliphatic carbocycles. The van der Waals surface area contributed by atoms with E-state index in [0.29, 0.717) is 11.3 Å². The van der Waals surface area contributed by atoms with Crippen LogP contribution < -0.4 is 10.1 Å². The number of aromatic nitrogens is 1. The van der Waals surface area contributed by atoms with Gasteiger partial charge in [-0.05, 0) is 30.7 Å². The van der Waals surface area contributed by atoms with Crippen LogP contribution in [0.4, 0.5) is 4.79 Å². The number of carbonyl (C=O) groups is 3. The highest BCUT2D eigenvalue weighted by molar-refractivity contribution is 6.00. The summed E-state index contributed by atoms with van der Waals surface area (Å²) in [5, 5.41) is 3.51. The number of ether oxygens (including phenoxy) is 2. The summed E-state index contributed by atoms with van der Waals surface area (Å²) < 4.78 is 10.8. The van der Waals surface area contributed by atoms with Crippen molar-refractivity contribution >= 4 is 28.7 Å². The van der Waals surface area contributed by atoms with Gasteiger partial charge in [-0.25, -0.2) is 9.59 Å². The van der Waals surface area contributed by atoms with Crippen molar-refractivity contribution in [1.82, 2.24) is 10.3 Å². The molecule has 7 nitrogen and oxygen atoms in total. The van der Waals surface area contributed by atoms with E-state index >= 15 is 0 Å². The molecule has 0 fully saturated rings. The van der Waals surface area contributed by atoms with Crippen molar-refractivity contribution in [3.8, 4) is 5.75 Å². The van der Waals surface area contributed by atoms with E-state index in [1.807, 2.05) is 24.3 Å². The predicted octanol–water partition coefficient (Wildman–Crippen LogP) is 4.68. The molecule has 1 aromatic heterocycles. The smallest absolute Gasteiger partial charge is 0.413 e. The number of hydrogen-bond acceptors (Lipinski definition) is 5. The van der Waals surface area contributed by atoms with Gasteiger partial charge >= 0.3 is 12.1 Å². The lowest BCUT2D eigenvalue weighted by Crippen LogP contribution is -2.46. The number of fused-ring (bicyclic) bond motifs is 1. The van der Waals surface area contributed by atoms with E-state index in [-0.39, 0.29) is 12.2 Å². The van der Waals surface area contributed by atoms with Crippen LogP contribution in [0.25, 0.3) is 10.9 Å². The number of H-pyrrole nitrogens is 1. The molecule has 1 heterocycles. The number of esters is 1. The van der Waals surface area contributed by atoms with Crippen molar-refractivity contribution in [3.05, 3.63) is 102 Å². The standard InChI is InChI=1S/C27H24N2O5/c1-18(25(30)19-10-4-2-5-11-19)33-26(31)24(29-27(32)34-21-12-6-3-7-13-21)16-20-17-28-23-15-9-8-14-22(20)23/h2-15,17-18,24,28H,16H2,1H3,(H,29,32). The van der Waals surface area contributed by atoms with Crippen LogP contribution in [0.15, 0.2) is 91.1 Å². The zero-order valence-corrected chi connectivity index (χ0v) is 18.6. The first-order chi connectivity index (χ1) is 16.5. The fourth-order valence-electron chi connectivity index (χ4n) is 3.63. The largest absolute Gasteiger partial charge is 0.453 e. The molecule has 2 unspecified atom stereocenters. The fourth-order valence-corrected chi connectivity index (χ4v) is 3.63. The minimum Gasteiger partial charge on any atom is -0.453 e. The molecule has 0 radical (unpaired) electrons. The Hall–Kier alpha value is -4.39. The quantitative estimate of drug-likeness (QED) is 0.296. The van der Waals surface area contributed by atoms with Gasteiger partial charge in [-0.15, -0.1) is 0 Å². The van der Waals surface area contributed by atoms with Crippen LogP contribution in [0, 0.1) is 0 Å². The molecule has 0 bridgehead atoms. The number of amides is 1. The van der Waals surface area contributed by atoms with Gasteiger partial charge in [0, 0.05) is 29.1 Å². The summed E-state index contributed by atoms with van der Waals surface area (Å²) >= 11 is 0. The first kappa shape index (κ1) is 22.8. The lowest BCUT2D eigenvalue weighted by molar-refractivity contribution is -0.148. The third-order valence-corrected chi connectivity index (χ3v) is 5.35. The second kappa shape index (κ2) is 10.5. The van der Waals surface area contributed by atoms with E-state index in [4.69, 9.17) is 9.47 Å². The molecule has 0 saturated heterocycles. The van der Waals surface area contributed by atoms with Crippen LogP contribution in [0.1, 0.15) is 22.8 Å². The Kier molecular flexibility index (Phi) is 7.03. The monoisotopic (exact) mass is 456 g/mol. The fraction of sp³-hybridized carbons (Fsp3) is 0.148. The first-order valence-corrected chi connectivity index (χ1v) is 10.9. The summed E-state index contributed by atoms with van der Waals surface area (Å²) in [6.45, 7) is 1.51. The van der Waals surface area contributed by atoms with Crippen LogP contribution in [0.5, 0.6) is 5.75 Å². The van der Waals surface area contributed by atoms with Crippen molar-refractivity contribution in [3.63, 3.8) is 0 Å². The number of benzene rings is 3. The minimum atomic E-state index is -1.07. The lowest BCUT2D eigenvalue weighted by Gasteiger charge is -2.20. The second-order valence-electron chi connectivity index (χ2n) is 7.77. The molecule has 0 spiro atoms.